The Morgan fingerprint density at radius 3 is 2.58 bits per heavy atom. The van der Waals surface area contributed by atoms with Crippen molar-refractivity contribution in [1.29, 1.82) is 0 Å². The first kappa shape index (κ1) is 15.1. The molecule has 0 bridgehead atoms. The molecule has 0 fully saturated rings. The average Bonchev–Trinajstić information content (AvgIpc) is 2.42. The van der Waals surface area contributed by atoms with Gasteiger partial charge < -0.3 is 21.5 Å². The van der Waals surface area contributed by atoms with Crippen LogP contribution in [0, 0.1) is 6.92 Å². The number of carbonyl (C=O) groups is 2. The molecule has 5 N–H and O–H groups in total. The molecular formula is C13H19N3O3. The Morgan fingerprint density at radius 1 is 1.26 bits per heavy atom. The minimum atomic E-state index is -0.768. The maximum atomic E-state index is 11.4. The number of hydrogen-bond donors (Lipinski definition) is 4. The highest BCUT2D eigenvalue weighted by atomic mass is 16.3. The number of benzene rings is 1. The molecule has 0 aliphatic heterocycles. The highest BCUT2D eigenvalue weighted by molar-refractivity contribution is 5.85. The first-order valence-electron chi connectivity index (χ1n) is 6.01. The van der Waals surface area contributed by atoms with Crippen LogP contribution >= 0.6 is 0 Å². The summed E-state index contributed by atoms with van der Waals surface area (Å²) in [6.45, 7) is 1.69. The van der Waals surface area contributed by atoms with Gasteiger partial charge in [-0.05, 0) is 18.1 Å². The fourth-order valence-corrected chi connectivity index (χ4v) is 1.59. The molecule has 0 aliphatic carbocycles. The number of carbonyl (C=O) groups excluding carboxylic acids is 2. The van der Waals surface area contributed by atoms with Gasteiger partial charge in [0, 0.05) is 6.54 Å². The Labute approximate surface area is 112 Å². The Morgan fingerprint density at radius 2 is 1.95 bits per heavy atom. The summed E-state index contributed by atoms with van der Waals surface area (Å²) in [5.74, 6) is -0.760. The van der Waals surface area contributed by atoms with E-state index in [1.54, 1.807) is 0 Å². The van der Waals surface area contributed by atoms with Gasteiger partial charge in [-0.1, -0.05) is 24.3 Å². The molecule has 0 aliphatic rings. The topological polar surface area (TPSA) is 104 Å². The molecule has 6 nitrogen and oxygen atoms in total. The van der Waals surface area contributed by atoms with Crippen molar-refractivity contribution in [2.24, 2.45) is 5.73 Å². The van der Waals surface area contributed by atoms with Crippen molar-refractivity contribution in [3.8, 4) is 0 Å². The van der Waals surface area contributed by atoms with Crippen molar-refractivity contribution in [2.75, 3.05) is 19.6 Å². The summed E-state index contributed by atoms with van der Waals surface area (Å²) in [7, 11) is 0. The third-order valence-electron chi connectivity index (χ3n) is 2.67. The van der Waals surface area contributed by atoms with Crippen LogP contribution in [-0.2, 0) is 9.59 Å². The van der Waals surface area contributed by atoms with Crippen LogP contribution in [0.4, 0.5) is 0 Å². The first-order valence-corrected chi connectivity index (χ1v) is 6.01. The molecule has 1 aromatic carbocycles. The van der Waals surface area contributed by atoms with E-state index in [1.807, 2.05) is 31.2 Å². The van der Waals surface area contributed by atoms with Crippen molar-refractivity contribution < 1.29 is 14.7 Å². The normalized spacial score (nSPS) is 11.7. The molecule has 0 heterocycles. The third kappa shape index (κ3) is 5.07. The molecule has 0 aromatic heterocycles. The maximum Gasteiger partial charge on any atom is 0.239 e. The molecule has 0 saturated heterocycles. The molecule has 19 heavy (non-hydrogen) atoms. The Hall–Kier alpha value is -1.92. The van der Waals surface area contributed by atoms with Crippen LogP contribution < -0.4 is 16.4 Å². The number of nitrogens with two attached hydrogens (primary N) is 1. The predicted octanol–water partition coefficient (Wildman–Crippen LogP) is -0.780. The number of nitrogens with one attached hydrogen (secondary N) is 2. The molecular weight excluding hydrogens is 246 g/mol. The molecule has 0 saturated carbocycles. The summed E-state index contributed by atoms with van der Waals surface area (Å²) in [6, 6.07) is 7.41. The van der Waals surface area contributed by atoms with E-state index >= 15 is 0 Å². The van der Waals surface area contributed by atoms with Gasteiger partial charge in [0.05, 0.1) is 19.2 Å². The fourth-order valence-electron chi connectivity index (χ4n) is 1.59. The van der Waals surface area contributed by atoms with Crippen molar-refractivity contribution in [1.82, 2.24) is 10.6 Å². The molecule has 1 aromatic rings. The SMILES string of the molecule is Cc1ccccc1C(O)CNC(=O)CNC(=O)CN. The van der Waals surface area contributed by atoms with Crippen LogP contribution in [0.1, 0.15) is 17.2 Å². The van der Waals surface area contributed by atoms with Crippen LogP contribution in [-0.4, -0.2) is 36.6 Å². The second kappa shape index (κ2) is 7.50. The van der Waals surface area contributed by atoms with E-state index in [1.165, 1.54) is 0 Å². The number of amides is 2. The van der Waals surface area contributed by atoms with Crippen LogP contribution in [0.2, 0.25) is 0 Å². The van der Waals surface area contributed by atoms with Crippen LogP contribution in [0.15, 0.2) is 24.3 Å². The fraction of sp³-hybridized carbons (Fsp3) is 0.385. The highest BCUT2D eigenvalue weighted by Crippen LogP contribution is 2.15. The number of aliphatic hydroxyl groups is 1. The molecule has 1 unspecified atom stereocenters. The molecule has 2 amide bonds. The zero-order valence-electron chi connectivity index (χ0n) is 10.8. The van der Waals surface area contributed by atoms with E-state index in [2.05, 4.69) is 10.6 Å². The van der Waals surface area contributed by atoms with E-state index in [-0.39, 0.29) is 25.5 Å². The van der Waals surface area contributed by atoms with Gasteiger partial charge in [-0.15, -0.1) is 0 Å². The van der Waals surface area contributed by atoms with Crippen molar-refractivity contribution in [3.05, 3.63) is 35.4 Å². The molecule has 0 radical (unpaired) electrons. The van der Waals surface area contributed by atoms with Gasteiger partial charge in [0.25, 0.3) is 0 Å². The van der Waals surface area contributed by atoms with E-state index in [9.17, 15) is 14.7 Å². The van der Waals surface area contributed by atoms with E-state index in [0.29, 0.717) is 0 Å². The van der Waals surface area contributed by atoms with E-state index < -0.39 is 12.0 Å². The maximum absolute atomic E-state index is 11.4. The summed E-state index contributed by atoms with van der Waals surface area (Å²) in [4.78, 5) is 22.3. The largest absolute Gasteiger partial charge is 0.387 e. The smallest absolute Gasteiger partial charge is 0.239 e. The molecule has 1 atom stereocenters. The van der Waals surface area contributed by atoms with Gasteiger partial charge in [-0.25, -0.2) is 0 Å². The van der Waals surface area contributed by atoms with Gasteiger partial charge in [0.15, 0.2) is 0 Å². The molecule has 104 valence electrons. The van der Waals surface area contributed by atoms with Crippen molar-refractivity contribution >= 4 is 11.8 Å². The lowest BCUT2D eigenvalue weighted by Crippen LogP contribution is -2.40. The quantitative estimate of drug-likeness (QED) is 0.541. The summed E-state index contributed by atoms with van der Waals surface area (Å²) in [6.07, 6.45) is -0.768. The monoisotopic (exact) mass is 265 g/mol. The van der Waals surface area contributed by atoms with Crippen molar-refractivity contribution in [2.45, 2.75) is 13.0 Å². The lowest BCUT2D eigenvalue weighted by Gasteiger charge is -2.14. The summed E-state index contributed by atoms with van der Waals surface area (Å²) < 4.78 is 0. The van der Waals surface area contributed by atoms with Crippen LogP contribution in [0.5, 0.6) is 0 Å². The van der Waals surface area contributed by atoms with Gasteiger partial charge >= 0.3 is 0 Å². The molecule has 0 spiro atoms. The predicted molar refractivity (Wildman–Crippen MR) is 71.2 cm³/mol. The van der Waals surface area contributed by atoms with E-state index in [0.717, 1.165) is 11.1 Å². The van der Waals surface area contributed by atoms with Crippen molar-refractivity contribution in [3.63, 3.8) is 0 Å². The second-order valence-corrected chi connectivity index (χ2v) is 4.16. The zero-order valence-corrected chi connectivity index (χ0v) is 10.8. The Balaban J connectivity index is 2.38. The van der Waals surface area contributed by atoms with Gasteiger partial charge in [0.1, 0.15) is 0 Å². The Kier molecular flexibility index (Phi) is 5.98. The van der Waals surface area contributed by atoms with Gasteiger partial charge in [0.2, 0.25) is 11.8 Å². The first-order chi connectivity index (χ1) is 9.04. The second-order valence-electron chi connectivity index (χ2n) is 4.16. The average molecular weight is 265 g/mol. The van der Waals surface area contributed by atoms with Crippen LogP contribution in [0.25, 0.3) is 0 Å². The lowest BCUT2D eigenvalue weighted by atomic mass is 10.0. The minimum absolute atomic E-state index is 0.0994. The Bertz CT molecular complexity index is 449. The highest BCUT2D eigenvalue weighted by Gasteiger charge is 2.11. The minimum Gasteiger partial charge on any atom is -0.387 e. The van der Waals surface area contributed by atoms with E-state index in [4.69, 9.17) is 5.73 Å². The van der Waals surface area contributed by atoms with Gasteiger partial charge in [-0.2, -0.15) is 0 Å². The number of aryl methyl sites for hydroxylation is 1. The lowest BCUT2D eigenvalue weighted by molar-refractivity contribution is -0.125. The summed E-state index contributed by atoms with van der Waals surface area (Å²) in [5, 5.41) is 14.8. The zero-order chi connectivity index (χ0) is 14.3. The molecule has 6 heteroatoms. The standard InChI is InChI=1S/C13H19N3O3/c1-9-4-2-3-5-10(9)11(17)7-15-13(19)8-16-12(18)6-14/h2-5,11,17H,6-8,14H2,1H3,(H,15,19)(H,16,18). The molecule has 1 rings (SSSR count). The van der Waals surface area contributed by atoms with Crippen LogP contribution in [0.3, 0.4) is 0 Å². The number of aliphatic hydroxyl groups excluding tert-OH is 1. The third-order valence-corrected chi connectivity index (χ3v) is 2.67. The summed E-state index contributed by atoms with van der Waals surface area (Å²) in [5.41, 5.74) is 6.82. The van der Waals surface area contributed by atoms with Gasteiger partial charge in [-0.3, -0.25) is 9.59 Å². The number of rotatable bonds is 6. The summed E-state index contributed by atoms with van der Waals surface area (Å²) >= 11 is 0. The number of hydrogen-bond acceptors (Lipinski definition) is 4.